The third-order valence-electron chi connectivity index (χ3n) is 3.54. The molecule has 0 aliphatic carbocycles. The first-order chi connectivity index (χ1) is 9.56. The molecule has 0 radical (unpaired) electrons. The number of carbonyl (C=O) groups is 1. The maximum atomic E-state index is 11.4. The molecule has 102 valence electrons. The van der Waals surface area contributed by atoms with E-state index in [-0.39, 0.29) is 10.7 Å². The molecule has 20 heavy (non-hydrogen) atoms. The molecule has 1 aliphatic rings. The van der Waals surface area contributed by atoms with Gasteiger partial charge in [0.05, 0.1) is 11.2 Å². The Hall–Kier alpha value is -1.32. The van der Waals surface area contributed by atoms with Crippen molar-refractivity contribution in [1.29, 1.82) is 0 Å². The fraction of sp³-hybridized carbons (Fsp3) is 0.188. The second-order valence-corrected chi connectivity index (χ2v) is 6.28. The van der Waals surface area contributed by atoms with Crippen molar-refractivity contribution in [3.63, 3.8) is 0 Å². The Morgan fingerprint density at radius 2 is 2.10 bits per heavy atom. The summed E-state index contributed by atoms with van der Waals surface area (Å²) < 4.78 is 0. The van der Waals surface area contributed by atoms with Crippen LogP contribution in [-0.4, -0.2) is 5.91 Å². The highest BCUT2D eigenvalue weighted by Gasteiger charge is 2.21. The first-order valence-electron chi connectivity index (χ1n) is 6.38. The van der Waals surface area contributed by atoms with Gasteiger partial charge in [0.1, 0.15) is 0 Å². The largest absolute Gasteiger partial charge is 0.326 e. The van der Waals surface area contributed by atoms with Crippen LogP contribution < -0.4 is 5.32 Å². The van der Waals surface area contributed by atoms with E-state index in [2.05, 4.69) is 27.3 Å². The van der Waals surface area contributed by atoms with Gasteiger partial charge in [-0.1, -0.05) is 57.9 Å². The highest BCUT2D eigenvalue weighted by Crippen LogP contribution is 2.38. The van der Waals surface area contributed by atoms with Crippen LogP contribution in [0.1, 0.15) is 27.1 Å². The number of anilines is 1. The number of benzene rings is 2. The second-order valence-electron chi connectivity index (χ2n) is 4.98. The molecule has 1 N–H and O–H groups in total. The van der Waals surface area contributed by atoms with Gasteiger partial charge in [-0.25, -0.2) is 0 Å². The molecule has 1 unspecified atom stereocenters. The summed E-state index contributed by atoms with van der Waals surface area (Å²) in [5.41, 5.74) is 5.16. The molecule has 1 amide bonds. The number of aryl methyl sites for hydroxylation is 1. The molecule has 4 heteroatoms. The SMILES string of the molecule is Cc1cccc(C(Br)c2ccc3c(c2)CC(=O)N3)c1Cl. The molecule has 2 nitrogen and oxygen atoms in total. The van der Waals surface area contributed by atoms with Gasteiger partial charge in [0.15, 0.2) is 0 Å². The first kappa shape index (κ1) is 13.7. The predicted molar refractivity (Wildman–Crippen MR) is 85.7 cm³/mol. The van der Waals surface area contributed by atoms with Crippen LogP contribution in [0.25, 0.3) is 0 Å². The van der Waals surface area contributed by atoms with E-state index < -0.39 is 0 Å². The Bertz CT molecular complexity index is 699. The molecule has 0 saturated heterocycles. The minimum atomic E-state index is 0.0240. The van der Waals surface area contributed by atoms with Gasteiger partial charge >= 0.3 is 0 Å². The average molecular weight is 351 g/mol. The first-order valence-corrected chi connectivity index (χ1v) is 7.67. The van der Waals surface area contributed by atoms with Gasteiger partial charge in [-0.05, 0) is 35.2 Å². The average Bonchev–Trinajstić information content (AvgIpc) is 2.80. The fourth-order valence-corrected chi connectivity index (χ4v) is 3.49. The van der Waals surface area contributed by atoms with Crippen molar-refractivity contribution in [2.24, 2.45) is 0 Å². The molecular formula is C16H13BrClNO. The lowest BCUT2D eigenvalue weighted by Crippen LogP contribution is -2.03. The van der Waals surface area contributed by atoms with Crippen LogP contribution in [0, 0.1) is 6.92 Å². The number of alkyl halides is 1. The Balaban J connectivity index is 1.99. The van der Waals surface area contributed by atoms with Gasteiger partial charge in [0.25, 0.3) is 0 Å². The molecule has 0 saturated carbocycles. The van der Waals surface area contributed by atoms with Gasteiger partial charge in [-0.2, -0.15) is 0 Å². The highest BCUT2D eigenvalue weighted by molar-refractivity contribution is 9.09. The van der Waals surface area contributed by atoms with E-state index >= 15 is 0 Å². The zero-order valence-electron chi connectivity index (χ0n) is 10.9. The van der Waals surface area contributed by atoms with E-state index in [4.69, 9.17) is 11.6 Å². The number of nitrogens with one attached hydrogen (secondary N) is 1. The van der Waals surface area contributed by atoms with Gasteiger partial charge in [-0.3, -0.25) is 4.79 Å². The summed E-state index contributed by atoms with van der Waals surface area (Å²) in [7, 11) is 0. The summed E-state index contributed by atoms with van der Waals surface area (Å²) >= 11 is 10.1. The van der Waals surface area contributed by atoms with E-state index in [0.29, 0.717) is 6.42 Å². The Morgan fingerprint density at radius 1 is 1.30 bits per heavy atom. The zero-order chi connectivity index (χ0) is 14.3. The normalized spacial score (nSPS) is 14.8. The van der Waals surface area contributed by atoms with Crippen molar-refractivity contribution < 1.29 is 4.79 Å². The fourth-order valence-electron chi connectivity index (χ4n) is 2.45. The molecule has 0 spiro atoms. The lowest BCUT2D eigenvalue weighted by atomic mass is 10.00. The standard InChI is InChI=1S/C16H13BrClNO/c1-9-3-2-4-12(16(9)18)15(17)10-5-6-13-11(7-10)8-14(20)19-13/h2-7,15H,8H2,1H3,(H,19,20). The Morgan fingerprint density at radius 3 is 2.90 bits per heavy atom. The predicted octanol–water partition coefficient (Wildman–Crippen LogP) is 4.63. The molecule has 1 aliphatic heterocycles. The maximum Gasteiger partial charge on any atom is 0.228 e. The number of rotatable bonds is 2. The molecular weight excluding hydrogens is 338 g/mol. The Kier molecular flexibility index (Phi) is 3.57. The second kappa shape index (κ2) is 5.23. The minimum Gasteiger partial charge on any atom is -0.326 e. The van der Waals surface area contributed by atoms with Crippen LogP contribution in [-0.2, 0) is 11.2 Å². The van der Waals surface area contributed by atoms with Crippen molar-refractivity contribution in [3.05, 3.63) is 63.7 Å². The summed E-state index contributed by atoms with van der Waals surface area (Å²) in [5, 5.41) is 3.63. The lowest BCUT2D eigenvalue weighted by molar-refractivity contribution is -0.115. The van der Waals surface area contributed by atoms with E-state index in [1.165, 1.54) is 0 Å². The summed E-state index contributed by atoms with van der Waals surface area (Å²) in [4.78, 5) is 11.4. The number of amides is 1. The minimum absolute atomic E-state index is 0.0240. The van der Waals surface area contributed by atoms with Crippen molar-refractivity contribution >= 4 is 39.1 Å². The van der Waals surface area contributed by atoms with E-state index in [9.17, 15) is 4.79 Å². The molecule has 3 rings (SSSR count). The zero-order valence-corrected chi connectivity index (χ0v) is 13.3. The maximum absolute atomic E-state index is 11.4. The summed E-state index contributed by atoms with van der Waals surface area (Å²) in [6, 6.07) is 12.0. The molecule has 0 aromatic heterocycles. The van der Waals surface area contributed by atoms with Crippen molar-refractivity contribution in [2.75, 3.05) is 5.32 Å². The summed E-state index contributed by atoms with van der Waals surface area (Å²) in [6.07, 6.45) is 0.449. The van der Waals surface area contributed by atoms with Crippen LogP contribution in [0.2, 0.25) is 5.02 Å². The van der Waals surface area contributed by atoms with E-state index in [0.717, 1.165) is 33.0 Å². The Labute approximate surface area is 131 Å². The van der Waals surface area contributed by atoms with Crippen molar-refractivity contribution in [1.82, 2.24) is 0 Å². The van der Waals surface area contributed by atoms with Crippen LogP contribution >= 0.6 is 27.5 Å². The molecule has 0 fully saturated rings. The third kappa shape index (κ3) is 2.36. The number of fused-ring (bicyclic) bond motifs is 1. The highest BCUT2D eigenvalue weighted by atomic mass is 79.9. The number of halogens is 2. The van der Waals surface area contributed by atoms with E-state index in [1.807, 2.05) is 37.3 Å². The molecule has 2 aromatic rings. The smallest absolute Gasteiger partial charge is 0.228 e. The van der Waals surface area contributed by atoms with Crippen LogP contribution in [0.5, 0.6) is 0 Å². The molecule has 1 heterocycles. The van der Waals surface area contributed by atoms with Crippen LogP contribution in [0.3, 0.4) is 0 Å². The molecule has 2 aromatic carbocycles. The summed E-state index contributed by atoms with van der Waals surface area (Å²) in [6.45, 7) is 2.00. The number of carbonyl (C=O) groups excluding carboxylic acids is 1. The monoisotopic (exact) mass is 349 g/mol. The van der Waals surface area contributed by atoms with Gasteiger partial charge in [0, 0.05) is 10.7 Å². The topological polar surface area (TPSA) is 29.1 Å². The van der Waals surface area contributed by atoms with Crippen molar-refractivity contribution in [2.45, 2.75) is 18.2 Å². The quantitative estimate of drug-likeness (QED) is 0.786. The van der Waals surface area contributed by atoms with Crippen LogP contribution in [0.4, 0.5) is 5.69 Å². The van der Waals surface area contributed by atoms with Crippen molar-refractivity contribution in [3.8, 4) is 0 Å². The lowest BCUT2D eigenvalue weighted by Gasteiger charge is -2.15. The van der Waals surface area contributed by atoms with Crippen LogP contribution in [0.15, 0.2) is 36.4 Å². The van der Waals surface area contributed by atoms with E-state index in [1.54, 1.807) is 0 Å². The molecule has 0 bridgehead atoms. The molecule has 1 atom stereocenters. The van der Waals surface area contributed by atoms with Gasteiger partial charge in [0.2, 0.25) is 5.91 Å². The van der Waals surface area contributed by atoms with Gasteiger partial charge in [-0.15, -0.1) is 0 Å². The number of hydrogen-bond donors (Lipinski definition) is 1. The third-order valence-corrected chi connectivity index (χ3v) is 5.08. The summed E-state index contributed by atoms with van der Waals surface area (Å²) in [5.74, 6) is 0.0526. The number of hydrogen-bond acceptors (Lipinski definition) is 1. The van der Waals surface area contributed by atoms with Gasteiger partial charge < -0.3 is 5.32 Å².